The number of amides is 1. The van der Waals surface area contributed by atoms with E-state index in [2.05, 4.69) is 26.2 Å². The molecule has 49 heavy (non-hydrogen) atoms. The highest BCUT2D eigenvalue weighted by molar-refractivity contribution is 5.68. The summed E-state index contributed by atoms with van der Waals surface area (Å²) in [6.45, 7) is 7.91. The fourth-order valence-electron chi connectivity index (χ4n) is 7.05. The van der Waals surface area contributed by atoms with Crippen LogP contribution >= 0.6 is 0 Å². The van der Waals surface area contributed by atoms with E-state index in [1.54, 1.807) is 49.9 Å². The van der Waals surface area contributed by atoms with Crippen LogP contribution in [0.5, 0.6) is 11.8 Å². The number of ether oxygens (including phenoxy) is 3. The van der Waals surface area contributed by atoms with Crippen LogP contribution in [0.15, 0.2) is 34.9 Å². The minimum atomic E-state index is -0.945. The molecule has 14 heteroatoms. The number of likely N-dealkylation sites (tertiary alicyclic amines) is 2. The number of alkyl halides is 1. The number of rotatable bonds is 9. The number of hydrogen-bond acceptors (Lipinski definition) is 11. The Bertz CT molecular complexity index is 1690. The van der Waals surface area contributed by atoms with E-state index in [9.17, 15) is 18.8 Å². The van der Waals surface area contributed by atoms with Gasteiger partial charge in [-0.05, 0) is 60.1 Å². The molecule has 6 rings (SSSR count). The van der Waals surface area contributed by atoms with E-state index < -0.39 is 41.5 Å². The molecule has 1 aliphatic carbocycles. The second-order valence-electron chi connectivity index (χ2n) is 14.3. The van der Waals surface area contributed by atoms with Crippen LogP contribution in [-0.2, 0) is 10.2 Å². The molecule has 262 valence electrons. The monoisotopic (exact) mass is 679 g/mol. The maximum absolute atomic E-state index is 14.9. The van der Waals surface area contributed by atoms with Crippen LogP contribution in [0.3, 0.4) is 0 Å². The zero-order chi connectivity index (χ0) is 34.9. The Morgan fingerprint density at radius 3 is 2.57 bits per heavy atom. The van der Waals surface area contributed by atoms with Gasteiger partial charge >= 0.3 is 6.09 Å². The molecule has 1 aromatic carbocycles. The molecule has 3 fully saturated rings. The fourth-order valence-corrected chi connectivity index (χ4v) is 7.05. The predicted molar refractivity (Wildman–Crippen MR) is 173 cm³/mol. The van der Waals surface area contributed by atoms with Crippen molar-refractivity contribution in [3.8, 4) is 29.5 Å². The van der Waals surface area contributed by atoms with Crippen molar-refractivity contribution in [3.05, 3.63) is 47.6 Å². The van der Waals surface area contributed by atoms with Crippen molar-refractivity contribution < 1.29 is 32.3 Å². The Morgan fingerprint density at radius 2 is 1.92 bits per heavy atom. The molecule has 3 aliphatic rings. The summed E-state index contributed by atoms with van der Waals surface area (Å²) in [4.78, 5) is 30.3. The summed E-state index contributed by atoms with van der Waals surface area (Å²) in [5, 5.41) is 13.7. The average molecular weight is 680 g/mol. The minimum Gasteiger partial charge on any atom is -0.474 e. The molecule has 3 aromatic rings. The summed E-state index contributed by atoms with van der Waals surface area (Å²) >= 11 is 0. The zero-order valence-electron chi connectivity index (χ0n) is 28.6. The number of nitriles is 1. The molecular weight excluding hydrogens is 636 g/mol. The number of piperidine rings is 1. The molecule has 2 saturated heterocycles. The lowest BCUT2D eigenvalue weighted by molar-refractivity contribution is -0.00382. The lowest BCUT2D eigenvalue weighted by Crippen LogP contribution is -2.50. The Kier molecular flexibility index (Phi) is 9.75. The first-order valence-electron chi connectivity index (χ1n) is 16.9. The van der Waals surface area contributed by atoms with E-state index in [4.69, 9.17) is 18.7 Å². The molecule has 2 aromatic heterocycles. The van der Waals surface area contributed by atoms with Crippen molar-refractivity contribution in [2.24, 2.45) is 0 Å². The Labute approximate surface area is 284 Å². The smallest absolute Gasteiger partial charge is 0.410 e. The summed E-state index contributed by atoms with van der Waals surface area (Å²) in [5.41, 5.74) is -0.913. The van der Waals surface area contributed by atoms with Gasteiger partial charge in [0, 0.05) is 37.5 Å². The van der Waals surface area contributed by atoms with Crippen LogP contribution in [0.25, 0.3) is 11.6 Å². The molecule has 1 amide bonds. The number of carbonyl (C=O) groups is 1. The molecule has 12 nitrogen and oxygen atoms in total. The van der Waals surface area contributed by atoms with Crippen LogP contribution in [0, 0.1) is 17.1 Å². The largest absolute Gasteiger partial charge is 0.474 e. The number of aromatic nitrogens is 4. The maximum Gasteiger partial charge on any atom is 0.410 e. The van der Waals surface area contributed by atoms with Gasteiger partial charge in [-0.3, -0.25) is 4.90 Å². The second-order valence-corrected chi connectivity index (χ2v) is 14.3. The van der Waals surface area contributed by atoms with Gasteiger partial charge in [-0.15, -0.1) is 0 Å². The van der Waals surface area contributed by atoms with Crippen molar-refractivity contribution in [1.29, 1.82) is 5.26 Å². The Hall–Kier alpha value is -4.38. The van der Waals surface area contributed by atoms with Gasteiger partial charge < -0.3 is 23.6 Å². The molecule has 2 aliphatic heterocycles. The maximum atomic E-state index is 14.9. The van der Waals surface area contributed by atoms with Gasteiger partial charge in [0.15, 0.2) is 0 Å². The SMILES string of the molecule is C[C@H](Oc1cc(O[C@H]2CCN(C(=O)OC(C)(C)C)[C@H](CC#N)C2)nc(-c2noc(C3(c4ccccc4F)CCC3)n2)n1)[C@@H]1C[C@@H](F)CN1C. The summed E-state index contributed by atoms with van der Waals surface area (Å²) < 4.78 is 53.1. The third-order valence-corrected chi connectivity index (χ3v) is 9.62. The summed E-state index contributed by atoms with van der Waals surface area (Å²) in [5.74, 6) is 0.477. The van der Waals surface area contributed by atoms with Gasteiger partial charge in [0.2, 0.25) is 29.3 Å². The van der Waals surface area contributed by atoms with E-state index in [0.29, 0.717) is 50.8 Å². The third-order valence-electron chi connectivity index (χ3n) is 9.62. The third kappa shape index (κ3) is 7.46. The molecule has 5 atom stereocenters. The fraction of sp³-hybridized carbons (Fsp3) is 0.600. The van der Waals surface area contributed by atoms with Crippen LogP contribution < -0.4 is 9.47 Å². The predicted octanol–water partition coefficient (Wildman–Crippen LogP) is 6.01. The van der Waals surface area contributed by atoms with Crippen molar-refractivity contribution in [2.45, 2.75) is 114 Å². The van der Waals surface area contributed by atoms with Crippen LogP contribution in [0.2, 0.25) is 0 Å². The number of benzene rings is 1. The molecule has 0 spiro atoms. The molecule has 4 heterocycles. The van der Waals surface area contributed by atoms with Crippen molar-refractivity contribution in [2.75, 3.05) is 20.1 Å². The van der Waals surface area contributed by atoms with Gasteiger partial charge in [0.05, 0.1) is 30.0 Å². The first-order chi connectivity index (χ1) is 23.3. The summed E-state index contributed by atoms with van der Waals surface area (Å²) in [7, 11) is 1.86. The topological polar surface area (TPSA) is 140 Å². The Morgan fingerprint density at radius 1 is 1.16 bits per heavy atom. The normalized spacial score (nSPS) is 24.5. The molecule has 0 radical (unpaired) electrons. The number of hydrogen-bond donors (Lipinski definition) is 0. The zero-order valence-corrected chi connectivity index (χ0v) is 28.6. The molecule has 1 saturated carbocycles. The van der Waals surface area contributed by atoms with E-state index in [-0.39, 0.29) is 47.6 Å². The van der Waals surface area contributed by atoms with E-state index in [1.165, 1.54) is 6.07 Å². The Balaban J connectivity index is 1.28. The molecule has 0 N–H and O–H groups in total. The van der Waals surface area contributed by atoms with Gasteiger partial charge in [-0.2, -0.15) is 20.2 Å². The van der Waals surface area contributed by atoms with Crippen LogP contribution in [0.1, 0.15) is 84.1 Å². The van der Waals surface area contributed by atoms with Gasteiger partial charge in [0.25, 0.3) is 0 Å². The molecular formula is C35H43F2N7O5. The quantitative estimate of drug-likeness (QED) is 0.263. The van der Waals surface area contributed by atoms with E-state index in [1.807, 2.05) is 18.9 Å². The van der Waals surface area contributed by atoms with Crippen molar-refractivity contribution in [1.82, 2.24) is 29.9 Å². The van der Waals surface area contributed by atoms with E-state index in [0.717, 1.165) is 6.42 Å². The highest BCUT2D eigenvalue weighted by Gasteiger charge is 2.47. The van der Waals surface area contributed by atoms with Crippen LogP contribution in [-0.4, -0.2) is 92.2 Å². The molecule has 0 bridgehead atoms. The van der Waals surface area contributed by atoms with Crippen LogP contribution in [0.4, 0.5) is 13.6 Å². The lowest BCUT2D eigenvalue weighted by Gasteiger charge is -2.39. The van der Waals surface area contributed by atoms with Crippen molar-refractivity contribution >= 4 is 6.09 Å². The van der Waals surface area contributed by atoms with E-state index >= 15 is 0 Å². The lowest BCUT2D eigenvalue weighted by atomic mass is 9.64. The standard InChI is InChI=1S/C35H43F2N7O5/c1-21(27-17-22(36)20-43(27)5)46-28-19-29(47-24-12-16-44(23(18-24)11-15-38)33(45)48-34(2,3)4)40-30(39-28)31-41-32(49-42-31)35(13-8-14-35)25-9-6-7-10-26(25)37/h6-7,9-10,19,21-24,27H,8,11-14,16-18,20H2,1-5H3/t21-,22+,23+,24-,27-/m0/s1. The number of nitrogens with zero attached hydrogens (tertiary/aromatic N) is 7. The first-order valence-corrected chi connectivity index (χ1v) is 16.9. The highest BCUT2D eigenvalue weighted by atomic mass is 19.1. The first kappa shape index (κ1) is 34.5. The average Bonchev–Trinajstić information content (AvgIpc) is 3.63. The minimum absolute atomic E-state index is 0.0839. The van der Waals surface area contributed by atoms with Gasteiger partial charge in [-0.1, -0.05) is 29.8 Å². The van der Waals surface area contributed by atoms with Crippen molar-refractivity contribution in [3.63, 3.8) is 0 Å². The number of carbonyl (C=O) groups excluding carboxylic acids is 1. The summed E-state index contributed by atoms with van der Waals surface area (Å²) in [6.07, 6.45) is 1.26. The number of halogens is 2. The molecule has 0 unspecified atom stereocenters. The van der Waals surface area contributed by atoms with Gasteiger partial charge in [0.1, 0.15) is 29.8 Å². The highest BCUT2D eigenvalue weighted by Crippen LogP contribution is 2.49. The number of likely N-dealkylation sites (N-methyl/N-ethyl adjacent to an activating group) is 1. The summed E-state index contributed by atoms with van der Waals surface area (Å²) in [6, 6.07) is 9.75. The van der Waals surface area contributed by atoms with Gasteiger partial charge in [-0.25, -0.2) is 13.6 Å². The second kappa shape index (κ2) is 13.9.